The van der Waals surface area contributed by atoms with Gasteiger partial charge in [-0.1, -0.05) is 25.7 Å². The molecule has 1 amide bonds. The van der Waals surface area contributed by atoms with Crippen LogP contribution in [-0.4, -0.2) is 11.9 Å². The molecule has 2 nitrogen and oxygen atoms in total. The smallest absolute Gasteiger partial charge is 0.223 e. The molecule has 0 spiro atoms. The zero-order chi connectivity index (χ0) is 11.0. The monoisotopic (exact) mass is 221 g/mol. The molecular weight excluding hydrogens is 198 g/mol. The average Bonchev–Trinajstić information content (AvgIpc) is 2.97. The summed E-state index contributed by atoms with van der Waals surface area (Å²) < 4.78 is 0. The lowest BCUT2D eigenvalue weighted by molar-refractivity contribution is -0.125. The molecule has 3 rings (SSSR count). The molecule has 0 aromatic rings. The predicted octanol–water partition coefficient (Wildman–Crippen LogP) is 2.87. The quantitative estimate of drug-likeness (QED) is 0.714. The number of carbonyl (C=O) groups excluding carboxylic acids is 1. The number of amides is 1. The van der Waals surface area contributed by atoms with Crippen molar-refractivity contribution in [3.05, 3.63) is 0 Å². The van der Waals surface area contributed by atoms with Gasteiger partial charge in [0.1, 0.15) is 0 Å². The van der Waals surface area contributed by atoms with Gasteiger partial charge in [-0.2, -0.15) is 0 Å². The van der Waals surface area contributed by atoms with Crippen molar-refractivity contribution in [2.45, 2.75) is 63.8 Å². The van der Waals surface area contributed by atoms with Crippen LogP contribution in [0.2, 0.25) is 0 Å². The molecule has 2 atom stereocenters. The standard InChI is InChI=1S/C14H23NO/c16-14(12-8-10-7-11(10)9-12)15-13-5-3-1-2-4-6-13/h10-13H,1-9H2,(H,15,16). The molecular formula is C14H23NO. The summed E-state index contributed by atoms with van der Waals surface area (Å²) in [7, 11) is 0. The van der Waals surface area contributed by atoms with E-state index in [0.717, 1.165) is 11.8 Å². The predicted molar refractivity (Wildman–Crippen MR) is 64.0 cm³/mol. The first-order valence-corrected chi connectivity index (χ1v) is 7.13. The molecule has 3 aliphatic rings. The molecule has 3 aliphatic carbocycles. The normalized spacial score (nSPS) is 38.9. The van der Waals surface area contributed by atoms with Crippen LogP contribution in [0, 0.1) is 17.8 Å². The minimum atomic E-state index is 0.368. The molecule has 0 radical (unpaired) electrons. The molecule has 90 valence electrons. The van der Waals surface area contributed by atoms with Crippen molar-refractivity contribution >= 4 is 5.91 Å². The number of hydrogen-bond donors (Lipinski definition) is 1. The fraction of sp³-hybridized carbons (Fsp3) is 0.929. The molecule has 0 aromatic carbocycles. The summed E-state index contributed by atoms with van der Waals surface area (Å²) in [5.41, 5.74) is 0. The first-order valence-electron chi connectivity index (χ1n) is 7.13. The highest BCUT2D eigenvalue weighted by molar-refractivity contribution is 5.79. The molecule has 0 bridgehead atoms. The van der Waals surface area contributed by atoms with E-state index in [1.54, 1.807) is 0 Å². The molecule has 0 aromatic heterocycles. The van der Waals surface area contributed by atoms with Gasteiger partial charge in [-0.05, 0) is 43.9 Å². The molecule has 2 unspecified atom stereocenters. The van der Waals surface area contributed by atoms with Crippen molar-refractivity contribution in [3.63, 3.8) is 0 Å². The van der Waals surface area contributed by atoms with E-state index in [1.807, 2.05) is 0 Å². The fourth-order valence-electron chi connectivity index (χ4n) is 3.67. The lowest BCUT2D eigenvalue weighted by Crippen LogP contribution is -2.38. The highest BCUT2D eigenvalue weighted by atomic mass is 16.1. The van der Waals surface area contributed by atoms with E-state index in [-0.39, 0.29) is 0 Å². The summed E-state index contributed by atoms with van der Waals surface area (Å²) in [6, 6.07) is 0.493. The van der Waals surface area contributed by atoms with Gasteiger partial charge in [0.05, 0.1) is 0 Å². The molecule has 0 saturated heterocycles. The number of rotatable bonds is 2. The van der Waals surface area contributed by atoms with E-state index in [4.69, 9.17) is 0 Å². The van der Waals surface area contributed by atoms with Gasteiger partial charge in [-0.25, -0.2) is 0 Å². The maximum absolute atomic E-state index is 12.1. The summed E-state index contributed by atoms with van der Waals surface area (Å²) in [4.78, 5) is 12.1. The van der Waals surface area contributed by atoms with Gasteiger partial charge >= 0.3 is 0 Å². The first-order chi connectivity index (χ1) is 7.83. The third-order valence-electron chi connectivity index (χ3n) is 4.82. The summed E-state index contributed by atoms with van der Waals surface area (Å²) >= 11 is 0. The van der Waals surface area contributed by atoms with E-state index >= 15 is 0 Å². The molecule has 16 heavy (non-hydrogen) atoms. The lowest BCUT2D eigenvalue weighted by atomic mass is 10.0. The second-order valence-corrected chi connectivity index (χ2v) is 6.12. The van der Waals surface area contributed by atoms with E-state index in [1.165, 1.54) is 57.8 Å². The van der Waals surface area contributed by atoms with Crippen LogP contribution in [0.3, 0.4) is 0 Å². The minimum Gasteiger partial charge on any atom is -0.353 e. The van der Waals surface area contributed by atoms with E-state index in [0.29, 0.717) is 17.9 Å². The van der Waals surface area contributed by atoms with Gasteiger partial charge < -0.3 is 5.32 Å². The molecule has 1 N–H and O–H groups in total. The third-order valence-corrected chi connectivity index (χ3v) is 4.82. The maximum Gasteiger partial charge on any atom is 0.223 e. The molecule has 0 heterocycles. The van der Waals surface area contributed by atoms with Crippen LogP contribution in [-0.2, 0) is 4.79 Å². The summed E-state index contributed by atoms with van der Waals surface area (Å²) in [6.45, 7) is 0. The van der Waals surface area contributed by atoms with Crippen LogP contribution in [0.4, 0.5) is 0 Å². The zero-order valence-corrected chi connectivity index (χ0v) is 10.1. The molecule has 2 heteroatoms. The Balaban J connectivity index is 1.47. The van der Waals surface area contributed by atoms with Gasteiger partial charge in [0.25, 0.3) is 0 Å². The third kappa shape index (κ3) is 2.26. The van der Waals surface area contributed by atoms with Crippen molar-refractivity contribution in [2.75, 3.05) is 0 Å². The highest BCUT2D eigenvalue weighted by Gasteiger charge is 2.48. The van der Waals surface area contributed by atoms with Crippen molar-refractivity contribution in [1.29, 1.82) is 0 Å². The van der Waals surface area contributed by atoms with E-state index < -0.39 is 0 Å². The minimum absolute atomic E-state index is 0.368. The summed E-state index contributed by atoms with van der Waals surface area (Å²) in [5.74, 6) is 2.58. The Morgan fingerprint density at radius 3 is 2.12 bits per heavy atom. The Morgan fingerprint density at radius 1 is 0.875 bits per heavy atom. The first kappa shape index (κ1) is 10.6. The van der Waals surface area contributed by atoms with Gasteiger partial charge in [-0.15, -0.1) is 0 Å². The SMILES string of the molecule is O=C(NC1CCCCCC1)C1CC2CC2C1. The second kappa shape index (κ2) is 4.38. The van der Waals surface area contributed by atoms with Crippen LogP contribution >= 0.6 is 0 Å². The Labute approximate surface area is 98.2 Å². The van der Waals surface area contributed by atoms with Crippen molar-refractivity contribution in [3.8, 4) is 0 Å². The van der Waals surface area contributed by atoms with E-state index in [9.17, 15) is 4.79 Å². The fourth-order valence-corrected chi connectivity index (χ4v) is 3.67. The van der Waals surface area contributed by atoms with Crippen LogP contribution in [0.5, 0.6) is 0 Å². The number of fused-ring (bicyclic) bond motifs is 1. The van der Waals surface area contributed by atoms with Crippen LogP contribution in [0.25, 0.3) is 0 Å². The number of carbonyl (C=O) groups is 1. The zero-order valence-electron chi connectivity index (χ0n) is 10.1. The van der Waals surface area contributed by atoms with Gasteiger partial charge in [0.15, 0.2) is 0 Å². The Kier molecular flexibility index (Phi) is 2.91. The molecule has 3 fully saturated rings. The summed E-state index contributed by atoms with van der Waals surface area (Å²) in [5, 5.41) is 3.30. The Bertz CT molecular complexity index is 258. The molecule has 3 saturated carbocycles. The second-order valence-electron chi connectivity index (χ2n) is 6.12. The van der Waals surface area contributed by atoms with Crippen molar-refractivity contribution in [1.82, 2.24) is 5.32 Å². The average molecular weight is 221 g/mol. The van der Waals surface area contributed by atoms with Gasteiger partial charge in [-0.3, -0.25) is 4.79 Å². The van der Waals surface area contributed by atoms with Crippen LogP contribution in [0.15, 0.2) is 0 Å². The number of hydrogen-bond acceptors (Lipinski definition) is 1. The van der Waals surface area contributed by atoms with Crippen molar-refractivity contribution in [2.24, 2.45) is 17.8 Å². The number of nitrogens with one attached hydrogen (secondary N) is 1. The maximum atomic E-state index is 12.1. The largest absolute Gasteiger partial charge is 0.353 e. The van der Waals surface area contributed by atoms with E-state index in [2.05, 4.69) is 5.32 Å². The Hall–Kier alpha value is -0.530. The highest BCUT2D eigenvalue weighted by Crippen LogP contribution is 2.54. The van der Waals surface area contributed by atoms with Crippen molar-refractivity contribution < 1.29 is 4.79 Å². The van der Waals surface area contributed by atoms with Crippen LogP contribution < -0.4 is 5.32 Å². The van der Waals surface area contributed by atoms with Gasteiger partial charge in [0.2, 0.25) is 5.91 Å². The van der Waals surface area contributed by atoms with Crippen LogP contribution in [0.1, 0.15) is 57.8 Å². The topological polar surface area (TPSA) is 29.1 Å². The summed E-state index contributed by atoms with van der Waals surface area (Å²) in [6.07, 6.45) is 11.5. The Morgan fingerprint density at radius 2 is 1.50 bits per heavy atom. The lowest BCUT2D eigenvalue weighted by Gasteiger charge is -2.19. The van der Waals surface area contributed by atoms with Gasteiger partial charge in [0, 0.05) is 12.0 Å². The molecule has 0 aliphatic heterocycles.